The fourth-order valence-corrected chi connectivity index (χ4v) is 4.92. The molecule has 3 rings (SSSR count). The number of aromatic nitrogens is 2. The monoisotopic (exact) mass is 455 g/mol. The summed E-state index contributed by atoms with van der Waals surface area (Å²) >= 11 is 0. The number of benzene rings is 2. The van der Waals surface area contributed by atoms with Gasteiger partial charge in [-0.05, 0) is 32.4 Å². The summed E-state index contributed by atoms with van der Waals surface area (Å²) in [6, 6.07) is 15.7. The van der Waals surface area contributed by atoms with Crippen LogP contribution < -0.4 is 9.04 Å². The van der Waals surface area contributed by atoms with E-state index in [1.807, 2.05) is 30.3 Å². The first-order valence-corrected chi connectivity index (χ1v) is 11.3. The third-order valence-electron chi connectivity index (χ3n) is 4.93. The molecule has 0 unspecified atom stereocenters. The largest absolute Gasteiger partial charge is 0.481 e. The van der Waals surface area contributed by atoms with Crippen molar-refractivity contribution in [3.63, 3.8) is 0 Å². The molecule has 0 atom stereocenters. The van der Waals surface area contributed by atoms with Crippen LogP contribution >= 0.6 is 0 Å². The Bertz CT molecular complexity index is 1230. The number of carbonyl (C=O) groups is 1. The Kier molecular flexibility index (Phi) is 6.50. The van der Waals surface area contributed by atoms with Gasteiger partial charge in [-0.3, -0.25) is 4.79 Å². The molecule has 1 N–H and O–H groups in total. The lowest BCUT2D eigenvalue weighted by atomic mass is 9.94. The van der Waals surface area contributed by atoms with E-state index in [4.69, 9.17) is 4.74 Å². The number of aryl methyl sites for hydroxylation is 1. The summed E-state index contributed by atoms with van der Waals surface area (Å²) in [5.41, 5.74) is 0.327. The molecule has 0 bridgehead atoms. The van der Waals surface area contributed by atoms with Crippen molar-refractivity contribution in [1.82, 2.24) is 9.97 Å². The van der Waals surface area contributed by atoms with Gasteiger partial charge in [0.2, 0.25) is 5.82 Å². The Labute approximate surface area is 187 Å². The molecule has 0 saturated heterocycles. The summed E-state index contributed by atoms with van der Waals surface area (Å²) in [5, 5.41) is 9.69. The van der Waals surface area contributed by atoms with Gasteiger partial charge in [0.05, 0.1) is 35.9 Å². The zero-order chi connectivity index (χ0) is 23.5. The minimum absolute atomic E-state index is 0.00745. The van der Waals surface area contributed by atoms with Crippen LogP contribution in [-0.2, 0) is 14.8 Å². The van der Waals surface area contributed by atoms with Gasteiger partial charge in [-0.2, -0.15) is 0 Å². The van der Waals surface area contributed by atoms with Crippen LogP contribution in [0, 0.1) is 12.3 Å². The van der Waals surface area contributed by atoms with Crippen LogP contribution in [-0.4, -0.2) is 43.1 Å². The number of nitrogens with zero attached hydrogens (tertiary/aromatic N) is 3. The molecule has 0 saturated carbocycles. The highest BCUT2D eigenvalue weighted by Crippen LogP contribution is 2.36. The van der Waals surface area contributed by atoms with Crippen LogP contribution in [0.1, 0.15) is 19.5 Å². The van der Waals surface area contributed by atoms with Gasteiger partial charge in [-0.1, -0.05) is 48.5 Å². The zero-order valence-electron chi connectivity index (χ0n) is 18.3. The smallest absolute Gasteiger partial charge is 0.310 e. The Morgan fingerprint density at radius 2 is 1.72 bits per heavy atom. The second-order valence-electron chi connectivity index (χ2n) is 7.91. The molecule has 32 heavy (non-hydrogen) atoms. The molecule has 0 aliphatic carbocycles. The van der Waals surface area contributed by atoms with Gasteiger partial charge in [0.1, 0.15) is 0 Å². The SMILES string of the molecule is COc1nc(C)cnc1N(CC(C)(C)C(=O)O)S(=O)(=O)c1ccccc1-c1ccccc1. The lowest BCUT2D eigenvalue weighted by Gasteiger charge is -2.31. The van der Waals surface area contributed by atoms with E-state index in [0.717, 1.165) is 4.31 Å². The van der Waals surface area contributed by atoms with E-state index in [-0.39, 0.29) is 23.1 Å². The van der Waals surface area contributed by atoms with Gasteiger partial charge in [-0.15, -0.1) is 0 Å². The second kappa shape index (κ2) is 8.96. The molecule has 0 aliphatic heterocycles. The number of sulfonamides is 1. The number of aliphatic carboxylic acids is 1. The Hall–Kier alpha value is -3.46. The van der Waals surface area contributed by atoms with E-state index in [0.29, 0.717) is 16.8 Å². The molecule has 0 spiro atoms. The molecule has 8 nitrogen and oxygen atoms in total. The van der Waals surface area contributed by atoms with Gasteiger partial charge < -0.3 is 9.84 Å². The predicted molar refractivity (Wildman–Crippen MR) is 121 cm³/mol. The molecule has 3 aromatic rings. The van der Waals surface area contributed by atoms with E-state index in [1.165, 1.54) is 33.2 Å². The summed E-state index contributed by atoms with van der Waals surface area (Å²) in [7, 11) is -2.90. The maximum absolute atomic E-state index is 14.0. The number of carboxylic acid groups (broad SMARTS) is 1. The first-order chi connectivity index (χ1) is 15.1. The van der Waals surface area contributed by atoms with Crippen LogP contribution in [0.3, 0.4) is 0 Å². The number of hydrogen-bond acceptors (Lipinski definition) is 6. The van der Waals surface area contributed by atoms with E-state index >= 15 is 0 Å². The maximum Gasteiger partial charge on any atom is 0.310 e. The van der Waals surface area contributed by atoms with E-state index in [9.17, 15) is 18.3 Å². The lowest BCUT2D eigenvalue weighted by Crippen LogP contribution is -2.43. The average Bonchev–Trinajstić information content (AvgIpc) is 2.78. The molecular formula is C23H25N3O5S. The van der Waals surface area contributed by atoms with Crippen molar-refractivity contribution >= 4 is 21.8 Å². The van der Waals surface area contributed by atoms with Crippen molar-refractivity contribution in [1.29, 1.82) is 0 Å². The number of rotatable bonds is 8. The van der Waals surface area contributed by atoms with E-state index < -0.39 is 21.4 Å². The van der Waals surface area contributed by atoms with Gasteiger partial charge in [0.25, 0.3) is 15.9 Å². The van der Waals surface area contributed by atoms with Crippen molar-refractivity contribution in [2.75, 3.05) is 18.0 Å². The lowest BCUT2D eigenvalue weighted by molar-refractivity contribution is -0.146. The van der Waals surface area contributed by atoms with Gasteiger partial charge in [-0.25, -0.2) is 22.7 Å². The third kappa shape index (κ3) is 4.57. The van der Waals surface area contributed by atoms with Crippen LogP contribution in [0.4, 0.5) is 5.82 Å². The van der Waals surface area contributed by atoms with Crippen molar-refractivity contribution < 1.29 is 23.1 Å². The number of methoxy groups -OCH3 is 1. The molecular weight excluding hydrogens is 430 g/mol. The second-order valence-corrected chi connectivity index (χ2v) is 9.74. The number of carboxylic acids is 1. The summed E-state index contributed by atoms with van der Waals surface area (Å²) in [4.78, 5) is 20.4. The Morgan fingerprint density at radius 3 is 2.34 bits per heavy atom. The Morgan fingerprint density at radius 1 is 1.09 bits per heavy atom. The quantitative estimate of drug-likeness (QED) is 0.551. The molecule has 0 aliphatic rings. The minimum Gasteiger partial charge on any atom is -0.481 e. The van der Waals surface area contributed by atoms with Gasteiger partial charge in [0.15, 0.2) is 0 Å². The molecule has 0 radical (unpaired) electrons. The van der Waals surface area contributed by atoms with Crippen molar-refractivity contribution in [3.8, 4) is 17.0 Å². The highest BCUT2D eigenvalue weighted by Gasteiger charge is 2.39. The van der Waals surface area contributed by atoms with E-state index in [1.54, 1.807) is 25.1 Å². The molecule has 9 heteroatoms. The summed E-state index contributed by atoms with van der Waals surface area (Å²) in [6.45, 7) is 4.23. The van der Waals surface area contributed by atoms with Gasteiger partial charge in [0, 0.05) is 5.56 Å². The molecule has 1 heterocycles. The normalized spacial score (nSPS) is 11.8. The van der Waals surface area contributed by atoms with Crippen molar-refractivity contribution in [3.05, 3.63) is 66.5 Å². The van der Waals surface area contributed by atoms with Crippen LogP contribution in [0.15, 0.2) is 65.7 Å². The van der Waals surface area contributed by atoms with Crippen LogP contribution in [0.5, 0.6) is 5.88 Å². The van der Waals surface area contributed by atoms with Crippen molar-refractivity contribution in [2.45, 2.75) is 25.7 Å². The average molecular weight is 456 g/mol. The van der Waals surface area contributed by atoms with Crippen LogP contribution in [0.25, 0.3) is 11.1 Å². The highest BCUT2D eigenvalue weighted by molar-refractivity contribution is 7.93. The zero-order valence-corrected chi connectivity index (χ0v) is 19.1. The molecule has 168 valence electrons. The number of ether oxygens (including phenoxy) is 1. The van der Waals surface area contributed by atoms with E-state index in [2.05, 4.69) is 9.97 Å². The highest BCUT2D eigenvalue weighted by atomic mass is 32.2. The number of anilines is 1. The fourth-order valence-electron chi connectivity index (χ4n) is 3.12. The van der Waals surface area contributed by atoms with Crippen LogP contribution in [0.2, 0.25) is 0 Å². The first kappa shape index (κ1) is 23.2. The first-order valence-electron chi connectivity index (χ1n) is 9.86. The summed E-state index contributed by atoms with van der Waals surface area (Å²) in [5.74, 6) is -1.23. The maximum atomic E-state index is 14.0. The minimum atomic E-state index is -4.26. The standard InChI is InChI=1S/C23H25N3O5S/c1-16-14-24-20(21(25-16)31-4)26(15-23(2,3)22(27)28)32(29,30)19-13-9-8-12-18(19)17-10-6-5-7-11-17/h5-14H,15H2,1-4H3,(H,27,28). The summed E-state index contributed by atoms with van der Waals surface area (Å²) in [6.07, 6.45) is 1.41. The predicted octanol–water partition coefficient (Wildman–Crippen LogP) is 3.77. The molecule has 1 aromatic heterocycles. The fraction of sp³-hybridized carbons (Fsp3) is 0.261. The topological polar surface area (TPSA) is 110 Å². The molecule has 0 fully saturated rings. The molecule has 2 aromatic carbocycles. The summed E-state index contributed by atoms with van der Waals surface area (Å²) < 4.78 is 34.2. The Balaban J connectivity index is 2.25. The van der Waals surface area contributed by atoms with Crippen molar-refractivity contribution in [2.24, 2.45) is 5.41 Å². The van der Waals surface area contributed by atoms with Gasteiger partial charge >= 0.3 is 5.97 Å². The number of hydrogen-bond donors (Lipinski definition) is 1. The molecule has 0 amide bonds. The third-order valence-corrected chi connectivity index (χ3v) is 6.72.